The Morgan fingerprint density at radius 2 is 2.24 bits per heavy atom. The normalized spacial score (nSPS) is 22.5. The van der Waals surface area contributed by atoms with Crippen molar-refractivity contribution in [3.8, 4) is 0 Å². The number of nitrogens with zero attached hydrogens (tertiary/aromatic N) is 1. The minimum atomic E-state index is -3.04. The molecule has 17 heavy (non-hydrogen) atoms. The van der Waals surface area contributed by atoms with Gasteiger partial charge >= 0.3 is 0 Å². The molecule has 1 aliphatic heterocycles. The van der Waals surface area contributed by atoms with Gasteiger partial charge < -0.3 is 5.32 Å². The maximum atomic E-state index is 12.0. The highest BCUT2D eigenvalue weighted by atomic mass is 32.2. The van der Waals surface area contributed by atoms with Crippen LogP contribution in [0.5, 0.6) is 0 Å². The van der Waals surface area contributed by atoms with Crippen molar-refractivity contribution < 1.29 is 8.42 Å². The molecule has 0 radical (unpaired) electrons. The standard InChI is InChI=1S/C12H22N2O2S/c1-11-5-8-14(9-6-11)17(15,16)10-2-7-13-12-3-4-12/h5,12-13H,2-4,6-10H2,1H3. The van der Waals surface area contributed by atoms with Crippen LogP contribution in [0.15, 0.2) is 11.6 Å². The van der Waals surface area contributed by atoms with Gasteiger partial charge in [0.05, 0.1) is 5.75 Å². The van der Waals surface area contributed by atoms with Gasteiger partial charge in [0.15, 0.2) is 0 Å². The molecule has 0 aromatic heterocycles. The fraction of sp³-hybridized carbons (Fsp3) is 0.833. The highest BCUT2D eigenvalue weighted by molar-refractivity contribution is 7.89. The summed E-state index contributed by atoms with van der Waals surface area (Å²) in [5, 5.41) is 3.34. The van der Waals surface area contributed by atoms with Gasteiger partial charge in [-0.25, -0.2) is 8.42 Å². The van der Waals surface area contributed by atoms with Crippen molar-refractivity contribution in [1.29, 1.82) is 0 Å². The molecule has 0 unspecified atom stereocenters. The van der Waals surface area contributed by atoms with Crippen LogP contribution in [0.4, 0.5) is 0 Å². The first kappa shape index (κ1) is 13.1. The average molecular weight is 258 g/mol. The molecule has 1 heterocycles. The van der Waals surface area contributed by atoms with Crippen LogP contribution < -0.4 is 5.32 Å². The summed E-state index contributed by atoms with van der Waals surface area (Å²) in [6.07, 6.45) is 6.12. The molecule has 0 atom stereocenters. The third kappa shape index (κ3) is 4.08. The van der Waals surface area contributed by atoms with Crippen LogP contribution >= 0.6 is 0 Å². The summed E-state index contributed by atoms with van der Waals surface area (Å²) >= 11 is 0. The molecule has 0 spiro atoms. The lowest BCUT2D eigenvalue weighted by atomic mass is 10.1. The maximum absolute atomic E-state index is 12.0. The molecule has 98 valence electrons. The minimum absolute atomic E-state index is 0.277. The van der Waals surface area contributed by atoms with E-state index in [2.05, 4.69) is 12.2 Å². The van der Waals surface area contributed by atoms with E-state index in [4.69, 9.17) is 0 Å². The fourth-order valence-electron chi connectivity index (χ4n) is 1.98. The lowest BCUT2D eigenvalue weighted by Crippen LogP contribution is -2.37. The Hall–Kier alpha value is -0.390. The van der Waals surface area contributed by atoms with Crippen LogP contribution in [-0.4, -0.2) is 44.2 Å². The highest BCUT2D eigenvalue weighted by Crippen LogP contribution is 2.18. The lowest BCUT2D eigenvalue weighted by molar-refractivity contribution is 0.430. The molecule has 5 heteroatoms. The Kier molecular flexibility index (Phi) is 4.22. The van der Waals surface area contributed by atoms with Gasteiger partial charge in [0.2, 0.25) is 10.0 Å². The molecule has 1 fully saturated rings. The minimum Gasteiger partial charge on any atom is -0.314 e. The third-order valence-electron chi connectivity index (χ3n) is 3.38. The molecule has 4 nitrogen and oxygen atoms in total. The molecule has 1 saturated carbocycles. The first-order valence-corrected chi connectivity index (χ1v) is 8.06. The first-order chi connectivity index (χ1) is 8.08. The van der Waals surface area contributed by atoms with E-state index >= 15 is 0 Å². The van der Waals surface area contributed by atoms with E-state index in [1.54, 1.807) is 4.31 Å². The van der Waals surface area contributed by atoms with E-state index in [1.807, 2.05) is 6.08 Å². The fourth-order valence-corrected chi connectivity index (χ4v) is 3.42. The zero-order valence-electron chi connectivity index (χ0n) is 10.5. The van der Waals surface area contributed by atoms with Crippen molar-refractivity contribution in [2.45, 2.75) is 38.6 Å². The Bertz CT molecular complexity index is 385. The second-order valence-electron chi connectivity index (χ2n) is 5.06. The predicted octanol–water partition coefficient (Wildman–Crippen LogP) is 1.11. The summed E-state index contributed by atoms with van der Waals surface area (Å²) in [6, 6.07) is 0.665. The van der Waals surface area contributed by atoms with E-state index in [1.165, 1.54) is 18.4 Å². The van der Waals surface area contributed by atoms with E-state index in [-0.39, 0.29) is 5.75 Å². The van der Waals surface area contributed by atoms with Gasteiger partial charge in [0, 0.05) is 19.1 Å². The molecule has 0 bridgehead atoms. The Morgan fingerprint density at radius 3 is 2.82 bits per heavy atom. The van der Waals surface area contributed by atoms with Crippen LogP contribution in [0.25, 0.3) is 0 Å². The molecule has 0 aromatic carbocycles. The van der Waals surface area contributed by atoms with E-state index in [0.29, 0.717) is 19.1 Å². The Labute approximate surface area is 104 Å². The van der Waals surface area contributed by atoms with E-state index in [9.17, 15) is 8.42 Å². The van der Waals surface area contributed by atoms with Crippen LogP contribution in [0.2, 0.25) is 0 Å². The van der Waals surface area contributed by atoms with Crippen LogP contribution in [0.1, 0.15) is 32.6 Å². The summed E-state index contributed by atoms with van der Waals surface area (Å²) < 4.78 is 25.7. The summed E-state index contributed by atoms with van der Waals surface area (Å²) in [5.41, 5.74) is 1.30. The smallest absolute Gasteiger partial charge is 0.214 e. The van der Waals surface area contributed by atoms with Gasteiger partial charge in [-0.05, 0) is 39.2 Å². The van der Waals surface area contributed by atoms with E-state index < -0.39 is 10.0 Å². The third-order valence-corrected chi connectivity index (χ3v) is 5.30. The Morgan fingerprint density at radius 1 is 1.47 bits per heavy atom. The van der Waals surface area contributed by atoms with Crippen molar-refractivity contribution in [1.82, 2.24) is 9.62 Å². The van der Waals surface area contributed by atoms with Crippen molar-refractivity contribution >= 4 is 10.0 Å². The van der Waals surface area contributed by atoms with Crippen molar-refractivity contribution in [2.75, 3.05) is 25.4 Å². The lowest BCUT2D eigenvalue weighted by Gasteiger charge is -2.24. The summed E-state index contributed by atoms with van der Waals surface area (Å²) in [4.78, 5) is 0. The largest absolute Gasteiger partial charge is 0.314 e. The van der Waals surface area contributed by atoms with Crippen LogP contribution in [-0.2, 0) is 10.0 Å². The molecular weight excluding hydrogens is 236 g/mol. The van der Waals surface area contributed by atoms with Gasteiger partial charge in [0.25, 0.3) is 0 Å². The molecule has 0 aromatic rings. The number of sulfonamides is 1. The maximum Gasteiger partial charge on any atom is 0.214 e. The monoisotopic (exact) mass is 258 g/mol. The average Bonchev–Trinajstić information content (AvgIpc) is 3.09. The van der Waals surface area contributed by atoms with Gasteiger partial charge in [0.1, 0.15) is 0 Å². The van der Waals surface area contributed by atoms with Crippen molar-refractivity contribution in [2.24, 2.45) is 0 Å². The Balaban J connectivity index is 1.73. The molecular formula is C12H22N2O2S. The first-order valence-electron chi connectivity index (χ1n) is 6.45. The number of hydrogen-bond donors (Lipinski definition) is 1. The van der Waals surface area contributed by atoms with Gasteiger partial charge in [-0.1, -0.05) is 11.6 Å². The van der Waals surface area contributed by atoms with Crippen molar-refractivity contribution in [3.05, 3.63) is 11.6 Å². The zero-order chi connectivity index (χ0) is 12.3. The zero-order valence-corrected chi connectivity index (χ0v) is 11.3. The second kappa shape index (κ2) is 5.50. The SMILES string of the molecule is CC1=CCN(S(=O)(=O)CCCNC2CC2)CC1. The summed E-state index contributed by atoms with van der Waals surface area (Å²) in [6.45, 7) is 4.10. The van der Waals surface area contributed by atoms with Crippen molar-refractivity contribution in [3.63, 3.8) is 0 Å². The summed E-state index contributed by atoms with van der Waals surface area (Å²) in [5.74, 6) is 0.277. The number of hydrogen-bond acceptors (Lipinski definition) is 3. The quantitative estimate of drug-likeness (QED) is 0.573. The molecule has 2 aliphatic rings. The van der Waals surface area contributed by atoms with Gasteiger partial charge in [-0.15, -0.1) is 0 Å². The van der Waals surface area contributed by atoms with Gasteiger partial charge in [-0.2, -0.15) is 4.31 Å². The molecule has 1 aliphatic carbocycles. The van der Waals surface area contributed by atoms with Crippen LogP contribution in [0.3, 0.4) is 0 Å². The topological polar surface area (TPSA) is 49.4 Å². The second-order valence-corrected chi connectivity index (χ2v) is 7.14. The molecule has 0 saturated heterocycles. The van der Waals surface area contributed by atoms with Gasteiger partial charge in [-0.3, -0.25) is 0 Å². The number of rotatable bonds is 6. The molecule has 0 amide bonds. The highest BCUT2D eigenvalue weighted by Gasteiger charge is 2.23. The van der Waals surface area contributed by atoms with Crippen LogP contribution in [0, 0.1) is 0 Å². The summed E-state index contributed by atoms with van der Waals surface area (Å²) in [7, 11) is -3.04. The molecule has 1 N–H and O–H groups in total. The predicted molar refractivity (Wildman–Crippen MR) is 69.4 cm³/mol. The number of nitrogens with one attached hydrogen (secondary N) is 1. The van der Waals surface area contributed by atoms with E-state index in [0.717, 1.165) is 19.4 Å². The molecule has 2 rings (SSSR count).